The van der Waals surface area contributed by atoms with E-state index in [0.29, 0.717) is 33.0 Å². The molecule has 0 saturated carbocycles. The molecule has 0 unspecified atom stereocenters. The Morgan fingerprint density at radius 2 is 1.27 bits per heavy atom. The third kappa shape index (κ3) is 7.68. The second-order valence-electron chi connectivity index (χ2n) is 6.58. The lowest BCUT2D eigenvalue weighted by Crippen LogP contribution is -2.09. The lowest BCUT2D eigenvalue weighted by Gasteiger charge is -2.11. The lowest BCUT2D eigenvalue weighted by atomic mass is 10.2. The molecule has 0 fully saturated rings. The van der Waals surface area contributed by atoms with Gasteiger partial charge < -0.3 is 24.3 Å². The van der Waals surface area contributed by atoms with Gasteiger partial charge >= 0.3 is 0 Å². The summed E-state index contributed by atoms with van der Waals surface area (Å²) in [6, 6.07) is 25.8. The second-order valence-corrected chi connectivity index (χ2v) is 6.58. The molecule has 0 saturated heterocycles. The zero-order valence-electron chi connectivity index (χ0n) is 17.4. The molecule has 0 aliphatic carbocycles. The van der Waals surface area contributed by atoms with Crippen LogP contribution in [0.3, 0.4) is 0 Å². The molecule has 0 spiro atoms. The summed E-state index contributed by atoms with van der Waals surface area (Å²) in [5.74, 6) is 2.52. The van der Waals surface area contributed by atoms with Gasteiger partial charge in [-0.25, -0.2) is 0 Å². The van der Waals surface area contributed by atoms with E-state index < -0.39 is 0 Å². The summed E-state index contributed by atoms with van der Waals surface area (Å²) in [4.78, 5) is 0. The molecule has 0 heterocycles. The minimum absolute atomic E-state index is 0.489. The van der Waals surface area contributed by atoms with E-state index in [1.54, 1.807) is 0 Å². The highest BCUT2D eigenvalue weighted by Gasteiger charge is 2.00. The number of para-hydroxylation sites is 1. The van der Waals surface area contributed by atoms with E-state index in [1.807, 2.05) is 73.7 Å². The van der Waals surface area contributed by atoms with Crippen molar-refractivity contribution in [2.45, 2.75) is 13.5 Å². The van der Waals surface area contributed by atoms with Crippen molar-refractivity contribution in [3.63, 3.8) is 0 Å². The Labute approximate surface area is 178 Å². The minimum atomic E-state index is 0.489. The van der Waals surface area contributed by atoms with Gasteiger partial charge in [0.1, 0.15) is 37.1 Å². The number of anilines is 1. The summed E-state index contributed by atoms with van der Waals surface area (Å²) in [5, 5.41) is 3.42. The maximum absolute atomic E-state index is 5.80. The first-order chi connectivity index (χ1) is 14.8. The smallest absolute Gasteiger partial charge is 0.122 e. The Hall–Kier alpha value is -3.18. The second kappa shape index (κ2) is 12.4. The van der Waals surface area contributed by atoms with Crippen molar-refractivity contribution in [3.8, 4) is 17.2 Å². The molecule has 3 rings (SSSR count). The average Bonchev–Trinajstić information content (AvgIpc) is 2.80. The fourth-order valence-corrected chi connectivity index (χ4v) is 2.80. The topological polar surface area (TPSA) is 49.0 Å². The van der Waals surface area contributed by atoms with Crippen molar-refractivity contribution >= 4 is 5.69 Å². The molecular weight excluding hydrogens is 378 g/mol. The van der Waals surface area contributed by atoms with Gasteiger partial charge in [-0.1, -0.05) is 36.4 Å². The normalized spacial score (nSPS) is 10.4. The quantitative estimate of drug-likeness (QED) is 0.396. The van der Waals surface area contributed by atoms with Crippen LogP contribution in [0.15, 0.2) is 78.9 Å². The largest absolute Gasteiger partial charge is 0.491 e. The predicted octanol–water partition coefficient (Wildman–Crippen LogP) is 5.17. The van der Waals surface area contributed by atoms with Crippen LogP contribution in [0.25, 0.3) is 0 Å². The van der Waals surface area contributed by atoms with Crippen molar-refractivity contribution in [2.75, 3.05) is 38.4 Å². The number of hydrogen-bond donors (Lipinski definition) is 1. The summed E-state index contributed by atoms with van der Waals surface area (Å²) in [5.41, 5.74) is 2.18. The van der Waals surface area contributed by atoms with Gasteiger partial charge in [-0.3, -0.25) is 0 Å². The van der Waals surface area contributed by atoms with E-state index in [4.69, 9.17) is 18.9 Å². The van der Waals surface area contributed by atoms with E-state index in [2.05, 4.69) is 17.4 Å². The zero-order valence-corrected chi connectivity index (χ0v) is 17.4. The number of hydrogen-bond acceptors (Lipinski definition) is 5. The maximum Gasteiger partial charge on any atom is 0.122 e. The summed E-state index contributed by atoms with van der Waals surface area (Å²) in [7, 11) is 0. The number of rotatable bonds is 13. The first-order valence-corrected chi connectivity index (χ1v) is 10.3. The molecule has 5 nitrogen and oxygen atoms in total. The van der Waals surface area contributed by atoms with Crippen LogP contribution in [0.2, 0.25) is 0 Å². The van der Waals surface area contributed by atoms with Crippen LogP contribution in [0, 0.1) is 0 Å². The Kier molecular flexibility index (Phi) is 8.90. The fourth-order valence-electron chi connectivity index (χ4n) is 2.80. The summed E-state index contributed by atoms with van der Waals surface area (Å²) < 4.78 is 22.4. The van der Waals surface area contributed by atoms with Gasteiger partial charge in [0.15, 0.2) is 0 Å². The first kappa shape index (κ1) is 21.5. The van der Waals surface area contributed by atoms with Gasteiger partial charge in [0.25, 0.3) is 0 Å². The molecule has 0 bridgehead atoms. The monoisotopic (exact) mass is 407 g/mol. The highest BCUT2D eigenvalue weighted by Crippen LogP contribution is 2.19. The summed E-state index contributed by atoms with van der Waals surface area (Å²) in [6.07, 6.45) is 0. The average molecular weight is 408 g/mol. The molecular formula is C25H29NO4. The molecule has 1 N–H and O–H groups in total. The number of ether oxygens (including phenoxy) is 4. The molecule has 3 aromatic rings. The standard InChI is InChI=1S/C25H29NO4/c1-2-27-15-16-28-24-13-11-21(12-14-24)20-26-22-7-6-10-25(19-22)30-18-17-29-23-8-4-3-5-9-23/h3-14,19,26H,2,15-18,20H2,1H3. The van der Waals surface area contributed by atoms with Gasteiger partial charge in [-0.15, -0.1) is 0 Å². The van der Waals surface area contributed by atoms with Crippen molar-refractivity contribution in [1.82, 2.24) is 0 Å². The van der Waals surface area contributed by atoms with Crippen LogP contribution in [0.4, 0.5) is 5.69 Å². The van der Waals surface area contributed by atoms with Crippen LogP contribution >= 0.6 is 0 Å². The van der Waals surface area contributed by atoms with Crippen molar-refractivity contribution in [1.29, 1.82) is 0 Å². The highest BCUT2D eigenvalue weighted by molar-refractivity contribution is 5.48. The third-order valence-corrected chi connectivity index (χ3v) is 4.32. The van der Waals surface area contributed by atoms with E-state index in [9.17, 15) is 0 Å². The number of benzene rings is 3. The fraction of sp³-hybridized carbons (Fsp3) is 0.280. The summed E-state index contributed by atoms with van der Waals surface area (Å²) in [6.45, 7) is 5.57. The lowest BCUT2D eigenvalue weighted by molar-refractivity contribution is 0.110. The minimum Gasteiger partial charge on any atom is -0.491 e. The first-order valence-electron chi connectivity index (χ1n) is 10.3. The maximum atomic E-state index is 5.80. The molecule has 0 aliphatic rings. The van der Waals surface area contributed by atoms with Crippen molar-refractivity contribution in [3.05, 3.63) is 84.4 Å². The van der Waals surface area contributed by atoms with Crippen LogP contribution in [0.1, 0.15) is 12.5 Å². The molecule has 158 valence electrons. The van der Waals surface area contributed by atoms with Crippen molar-refractivity contribution in [2.24, 2.45) is 0 Å². The third-order valence-electron chi connectivity index (χ3n) is 4.32. The molecule has 5 heteroatoms. The van der Waals surface area contributed by atoms with Crippen LogP contribution in [0.5, 0.6) is 17.2 Å². The Bertz CT molecular complexity index is 853. The molecule has 0 aromatic heterocycles. The van der Waals surface area contributed by atoms with Crippen LogP contribution < -0.4 is 19.5 Å². The Morgan fingerprint density at radius 3 is 2.00 bits per heavy atom. The SMILES string of the molecule is CCOCCOc1ccc(CNc2cccc(OCCOc3ccccc3)c2)cc1. The van der Waals surface area contributed by atoms with Gasteiger partial charge in [-0.05, 0) is 48.9 Å². The molecule has 0 radical (unpaired) electrons. The zero-order chi connectivity index (χ0) is 20.9. The van der Waals surface area contributed by atoms with E-state index in [-0.39, 0.29) is 0 Å². The number of nitrogens with one attached hydrogen (secondary N) is 1. The van der Waals surface area contributed by atoms with Gasteiger partial charge in [-0.2, -0.15) is 0 Å². The Balaban J connectivity index is 1.39. The van der Waals surface area contributed by atoms with Gasteiger partial charge in [0.05, 0.1) is 6.61 Å². The molecule has 0 aliphatic heterocycles. The van der Waals surface area contributed by atoms with E-state index in [1.165, 1.54) is 5.56 Å². The summed E-state index contributed by atoms with van der Waals surface area (Å²) >= 11 is 0. The van der Waals surface area contributed by atoms with Gasteiger partial charge in [0.2, 0.25) is 0 Å². The predicted molar refractivity (Wildman–Crippen MR) is 120 cm³/mol. The van der Waals surface area contributed by atoms with Crippen LogP contribution in [-0.2, 0) is 11.3 Å². The molecule has 3 aromatic carbocycles. The molecule has 0 amide bonds. The van der Waals surface area contributed by atoms with Gasteiger partial charge in [0, 0.05) is 24.9 Å². The highest BCUT2D eigenvalue weighted by atomic mass is 16.5. The Morgan fingerprint density at radius 1 is 0.633 bits per heavy atom. The molecule has 0 atom stereocenters. The van der Waals surface area contributed by atoms with Crippen LogP contribution in [-0.4, -0.2) is 33.0 Å². The van der Waals surface area contributed by atoms with E-state index in [0.717, 1.165) is 29.5 Å². The molecule has 30 heavy (non-hydrogen) atoms. The van der Waals surface area contributed by atoms with E-state index >= 15 is 0 Å². The van der Waals surface area contributed by atoms with Crippen molar-refractivity contribution < 1.29 is 18.9 Å².